The minimum absolute atomic E-state index is 0.171. The molecule has 0 bridgehead atoms. The van der Waals surface area contributed by atoms with E-state index in [-0.39, 0.29) is 28.0 Å². The summed E-state index contributed by atoms with van der Waals surface area (Å²) in [6.45, 7) is 0.299. The molecule has 1 saturated heterocycles. The number of nitrogens with zero attached hydrogens (tertiary/aromatic N) is 4. The summed E-state index contributed by atoms with van der Waals surface area (Å²) < 4.78 is 6.83. The van der Waals surface area contributed by atoms with Crippen LogP contribution in [0.25, 0.3) is 6.08 Å². The third-order valence-corrected chi connectivity index (χ3v) is 8.73. The van der Waals surface area contributed by atoms with Gasteiger partial charge in [0.15, 0.2) is 16.6 Å². The van der Waals surface area contributed by atoms with Crippen molar-refractivity contribution >= 4 is 57.8 Å². The lowest BCUT2D eigenvalue weighted by Gasteiger charge is -2.49. The number of fused-ring (bicyclic) bond motifs is 1. The Balaban J connectivity index is 1.38. The second-order valence-electron chi connectivity index (χ2n) is 9.49. The van der Waals surface area contributed by atoms with Crippen molar-refractivity contribution in [2.24, 2.45) is 5.16 Å². The van der Waals surface area contributed by atoms with Gasteiger partial charge in [-0.05, 0) is 29.3 Å². The van der Waals surface area contributed by atoms with Gasteiger partial charge in [-0.25, -0.2) is 9.78 Å². The van der Waals surface area contributed by atoms with E-state index < -0.39 is 40.4 Å². The number of hydrogen-bond acceptors (Lipinski definition) is 12. The number of carbonyl (C=O) groups excluding carboxylic acids is 2. The third-order valence-electron chi connectivity index (χ3n) is 6.76. The van der Waals surface area contributed by atoms with Gasteiger partial charge in [-0.2, -0.15) is 0 Å². The number of aromatic hydroxyl groups is 1. The summed E-state index contributed by atoms with van der Waals surface area (Å²) in [6.07, 6.45) is 4.38. The molecule has 2 aliphatic heterocycles. The molecule has 5 rings (SSSR count). The standard InChI is InChI=1S/C28H26N6O8S2/c1-41-17-7-3-14(4-8-17)10-33-11-20(36)19(35)9-16(33)6-5-15-12-43-26-22(25(38)34(26)23(15)27(39)40)31-24(37)21(32-42-2)18-13-44-28(29)30-18/h3-9,11,13,22,26,36H,10,12H2,1-2H3,(H2,29,30)(H,31,37)(H,39,40)/b6-5?,32-21-/t22-,26-/m1/s1. The Hall–Kier alpha value is -5.09. The largest absolute Gasteiger partial charge is 0.503 e. The molecule has 0 unspecified atom stereocenters. The summed E-state index contributed by atoms with van der Waals surface area (Å²) in [7, 11) is 2.81. The number of benzene rings is 1. The molecule has 0 spiro atoms. The number of nitrogen functional groups attached to an aromatic ring is 1. The van der Waals surface area contributed by atoms with Crippen LogP contribution in [0, 0.1) is 0 Å². The van der Waals surface area contributed by atoms with E-state index in [0.29, 0.717) is 23.6 Å². The van der Waals surface area contributed by atoms with Gasteiger partial charge in [0.25, 0.3) is 11.8 Å². The highest BCUT2D eigenvalue weighted by molar-refractivity contribution is 8.00. The van der Waals surface area contributed by atoms with Crippen LogP contribution in [-0.2, 0) is 25.8 Å². The second kappa shape index (κ2) is 12.6. The average Bonchev–Trinajstić information content (AvgIpc) is 3.44. The van der Waals surface area contributed by atoms with E-state index in [2.05, 4.69) is 15.5 Å². The van der Waals surface area contributed by atoms with Crippen LogP contribution >= 0.6 is 23.1 Å². The van der Waals surface area contributed by atoms with E-state index >= 15 is 0 Å². The zero-order valence-electron chi connectivity index (χ0n) is 23.3. The van der Waals surface area contributed by atoms with E-state index in [1.807, 2.05) is 12.1 Å². The Morgan fingerprint density at radius 1 is 1.23 bits per heavy atom. The topological polar surface area (TPSA) is 199 Å². The molecule has 3 aromatic rings. The molecule has 44 heavy (non-hydrogen) atoms. The van der Waals surface area contributed by atoms with Gasteiger partial charge in [0.2, 0.25) is 5.43 Å². The predicted molar refractivity (Wildman–Crippen MR) is 163 cm³/mol. The number of allylic oxidation sites excluding steroid dienone is 1. The number of carboxylic acid groups (broad SMARTS) is 1. The number of amides is 2. The maximum absolute atomic E-state index is 13.2. The molecule has 2 aromatic heterocycles. The first-order valence-corrected chi connectivity index (χ1v) is 14.8. The van der Waals surface area contributed by atoms with Crippen molar-refractivity contribution in [1.29, 1.82) is 0 Å². The van der Waals surface area contributed by atoms with Crippen molar-refractivity contribution in [2.75, 3.05) is 25.7 Å². The molecular weight excluding hydrogens is 612 g/mol. The highest BCUT2D eigenvalue weighted by atomic mass is 32.2. The number of oxime groups is 1. The number of nitrogens with one attached hydrogen (secondary N) is 1. The zero-order valence-corrected chi connectivity index (χ0v) is 24.9. The number of pyridine rings is 1. The lowest BCUT2D eigenvalue weighted by Crippen LogP contribution is -2.71. The first kappa shape index (κ1) is 30.4. The Labute approximate surface area is 258 Å². The van der Waals surface area contributed by atoms with Crippen LogP contribution in [0.3, 0.4) is 0 Å². The highest BCUT2D eigenvalue weighted by Gasteiger charge is 2.54. The molecule has 2 aliphatic rings. The minimum Gasteiger partial charge on any atom is -0.503 e. The van der Waals surface area contributed by atoms with Crippen molar-refractivity contribution in [1.82, 2.24) is 19.8 Å². The molecule has 14 nitrogen and oxygen atoms in total. The quantitative estimate of drug-likeness (QED) is 0.142. The maximum atomic E-state index is 13.2. The maximum Gasteiger partial charge on any atom is 0.352 e. The van der Waals surface area contributed by atoms with E-state index in [9.17, 15) is 29.4 Å². The van der Waals surface area contributed by atoms with Gasteiger partial charge in [-0.15, -0.1) is 23.1 Å². The number of thioether (sulfide) groups is 1. The van der Waals surface area contributed by atoms with Crippen LogP contribution < -0.4 is 21.2 Å². The predicted octanol–water partition coefficient (Wildman–Crippen LogP) is 1.45. The lowest BCUT2D eigenvalue weighted by molar-refractivity contribution is -0.150. The number of thiazole rings is 1. The van der Waals surface area contributed by atoms with Crippen LogP contribution in [0.1, 0.15) is 17.0 Å². The molecule has 2 amide bonds. The summed E-state index contributed by atoms with van der Waals surface area (Å²) in [5.41, 5.74) is 6.41. The molecule has 16 heteroatoms. The van der Waals surface area contributed by atoms with E-state index in [1.54, 1.807) is 29.9 Å². The van der Waals surface area contributed by atoms with Crippen LogP contribution in [0.5, 0.6) is 11.5 Å². The molecule has 0 aliphatic carbocycles. The first-order chi connectivity index (χ1) is 21.1. The number of aromatic nitrogens is 2. The van der Waals surface area contributed by atoms with Gasteiger partial charge in [0.05, 0.1) is 13.3 Å². The Morgan fingerprint density at radius 3 is 2.61 bits per heavy atom. The molecule has 0 radical (unpaired) electrons. The fourth-order valence-electron chi connectivity index (χ4n) is 4.64. The third kappa shape index (κ3) is 6.02. The SMILES string of the molecule is CO/N=C(\C(=O)N[C@@H]1C(=O)N2C(C(=O)O)=C(C=Cc3cc(=O)c(O)cn3Cc3ccc(OC)cc3)CS[C@H]12)c1csc(N)n1. The van der Waals surface area contributed by atoms with Gasteiger partial charge in [0, 0.05) is 29.4 Å². The average molecular weight is 639 g/mol. The van der Waals surface area contributed by atoms with Crippen molar-refractivity contribution in [3.05, 3.63) is 86.4 Å². The number of carbonyl (C=O) groups is 3. The summed E-state index contributed by atoms with van der Waals surface area (Å²) in [5, 5.41) is 27.5. The lowest BCUT2D eigenvalue weighted by atomic mass is 10.0. The molecular formula is C28H26N6O8S2. The van der Waals surface area contributed by atoms with Crippen LogP contribution in [0.2, 0.25) is 0 Å². The van der Waals surface area contributed by atoms with E-state index in [4.69, 9.17) is 15.3 Å². The number of methoxy groups -OCH3 is 1. The normalized spacial score (nSPS) is 18.2. The van der Waals surface area contributed by atoms with Gasteiger partial charge in [-0.1, -0.05) is 23.4 Å². The number of hydrogen-bond donors (Lipinski definition) is 4. The monoisotopic (exact) mass is 638 g/mol. The first-order valence-electron chi connectivity index (χ1n) is 12.9. The molecule has 4 heterocycles. The van der Waals surface area contributed by atoms with Crippen molar-refractivity contribution in [2.45, 2.75) is 18.0 Å². The molecule has 2 atom stereocenters. The summed E-state index contributed by atoms with van der Waals surface area (Å²) in [6, 6.07) is 7.47. The summed E-state index contributed by atoms with van der Waals surface area (Å²) >= 11 is 2.37. The summed E-state index contributed by atoms with van der Waals surface area (Å²) in [4.78, 5) is 60.7. The van der Waals surface area contributed by atoms with Crippen molar-refractivity contribution in [3.63, 3.8) is 0 Å². The Kier molecular flexibility index (Phi) is 8.73. The molecule has 5 N–H and O–H groups in total. The van der Waals surface area contributed by atoms with Gasteiger partial charge < -0.3 is 35.4 Å². The number of β-lactam (4-membered cyclic amide) rings is 1. The second-order valence-corrected chi connectivity index (χ2v) is 11.5. The number of nitrogens with two attached hydrogens (primary N) is 1. The van der Waals surface area contributed by atoms with Gasteiger partial charge in [0.1, 0.15) is 35.7 Å². The number of rotatable bonds is 10. The van der Waals surface area contributed by atoms with E-state index in [0.717, 1.165) is 21.8 Å². The van der Waals surface area contributed by atoms with E-state index in [1.165, 1.54) is 42.6 Å². The van der Waals surface area contributed by atoms with Gasteiger partial charge >= 0.3 is 5.97 Å². The molecule has 1 aromatic carbocycles. The van der Waals surface area contributed by atoms with Crippen molar-refractivity contribution < 1.29 is 34.2 Å². The number of anilines is 1. The molecule has 0 saturated carbocycles. The Morgan fingerprint density at radius 2 is 1.98 bits per heavy atom. The van der Waals surface area contributed by atoms with Crippen LogP contribution in [0.4, 0.5) is 5.13 Å². The van der Waals surface area contributed by atoms with Crippen LogP contribution in [-0.4, -0.2) is 79.5 Å². The number of aliphatic carboxylic acids is 1. The summed E-state index contributed by atoms with van der Waals surface area (Å²) in [5.74, 6) is -2.24. The smallest absolute Gasteiger partial charge is 0.352 e. The Bertz CT molecular complexity index is 1780. The fraction of sp³-hybridized carbons (Fsp3) is 0.214. The van der Waals surface area contributed by atoms with Crippen LogP contribution in [0.15, 0.2) is 69.2 Å². The fourth-order valence-corrected chi connectivity index (χ4v) is 6.51. The number of carboxylic acids is 1. The van der Waals surface area contributed by atoms with Gasteiger partial charge in [-0.3, -0.25) is 19.3 Å². The molecule has 228 valence electrons. The van der Waals surface area contributed by atoms with Crippen molar-refractivity contribution in [3.8, 4) is 11.5 Å². The molecule has 1 fully saturated rings. The highest BCUT2D eigenvalue weighted by Crippen LogP contribution is 2.41. The zero-order chi connectivity index (χ0) is 31.5. The number of ether oxygens (including phenoxy) is 1. The minimum atomic E-state index is -1.33.